The lowest BCUT2D eigenvalue weighted by Gasteiger charge is -2.17. The molecule has 0 unspecified atom stereocenters. The largest absolute Gasteiger partial charge is 0.490 e. The summed E-state index contributed by atoms with van der Waals surface area (Å²) in [6.07, 6.45) is 1.44. The van der Waals surface area contributed by atoms with E-state index in [9.17, 15) is 0 Å². The summed E-state index contributed by atoms with van der Waals surface area (Å²) in [5.74, 6) is 1.92. The highest BCUT2D eigenvalue weighted by Gasteiger charge is 2.13. The van der Waals surface area contributed by atoms with Crippen LogP contribution in [0.25, 0.3) is 0 Å². The smallest absolute Gasteiger partial charge is 0.218 e. The minimum absolute atomic E-state index is 0.301. The van der Waals surface area contributed by atoms with E-state index in [-0.39, 0.29) is 0 Å². The van der Waals surface area contributed by atoms with Crippen LogP contribution < -0.4 is 14.8 Å². The van der Waals surface area contributed by atoms with Crippen LogP contribution >= 0.6 is 23.2 Å². The summed E-state index contributed by atoms with van der Waals surface area (Å²) in [6.45, 7) is 3.27. The number of hydrogen-bond acceptors (Lipinski definition) is 5. The molecule has 0 amide bonds. The average Bonchev–Trinajstić information content (AvgIpc) is 3.14. The van der Waals surface area contributed by atoms with Crippen molar-refractivity contribution in [2.24, 2.45) is 0 Å². The van der Waals surface area contributed by atoms with E-state index in [1.807, 2.05) is 31.2 Å². The maximum atomic E-state index is 6.24. The molecule has 8 heteroatoms. The van der Waals surface area contributed by atoms with Gasteiger partial charge in [-0.25, -0.2) is 10.1 Å². The van der Waals surface area contributed by atoms with Gasteiger partial charge in [-0.2, -0.15) is 5.10 Å². The van der Waals surface area contributed by atoms with Crippen molar-refractivity contribution in [3.8, 4) is 11.5 Å². The summed E-state index contributed by atoms with van der Waals surface area (Å²) >= 11 is 12.2. The lowest BCUT2D eigenvalue weighted by Crippen LogP contribution is -2.07. The van der Waals surface area contributed by atoms with Crippen molar-refractivity contribution in [2.45, 2.75) is 20.1 Å². The summed E-state index contributed by atoms with van der Waals surface area (Å²) in [4.78, 5) is 4.05. The Hall–Kier alpha value is -2.44. The van der Waals surface area contributed by atoms with Gasteiger partial charge in [0.25, 0.3) is 0 Å². The molecule has 0 radical (unpaired) electrons. The molecular formula is C18H18Cl2N4O2. The van der Waals surface area contributed by atoms with Crippen LogP contribution in [0.3, 0.4) is 0 Å². The van der Waals surface area contributed by atoms with Crippen LogP contribution in [-0.2, 0) is 13.2 Å². The van der Waals surface area contributed by atoms with E-state index < -0.39 is 0 Å². The van der Waals surface area contributed by atoms with Gasteiger partial charge >= 0.3 is 0 Å². The van der Waals surface area contributed by atoms with Crippen molar-refractivity contribution < 1.29 is 9.47 Å². The number of halogens is 2. The number of hydrogen-bond donors (Lipinski definition) is 2. The molecule has 0 saturated heterocycles. The summed E-state index contributed by atoms with van der Waals surface area (Å²) in [5, 5.41) is 10.9. The van der Waals surface area contributed by atoms with Gasteiger partial charge in [0, 0.05) is 27.7 Å². The van der Waals surface area contributed by atoms with Crippen LogP contribution in [0, 0.1) is 0 Å². The first kappa shape index (κ1) is 18.4. The van der Waals surface area contributed by atoms with Gasteiger partial charge in [0.2, 0.25) is 5.95 Å². The van der Waals surface area contributed by atoms with Crippen molar-refractivity contribution in [2.75, 3.05) is 11.9 Å². The third-order valence-electron chi connectivity index (χ3n) is 3.61. The lowest BCUT2D eigenvalue weighted by atomic mass is 10.1. The first-order valence-corrected chi connectivity index (χ1v) is 8.83. The van der Waals surface area contributed by atoms with Crippen LogP contribution in [0.5, 0.6) is 11.5 Å². The summed E-state index contributed by atoms with van der Waals surface area (Å²) in [5.41, 5.74) is 1.77. The fourth-order valence-electron chi connectivity index (χ4n) is 2.39. The van der Waals surface area contributed by atoms with Crippen LogP contribution in [0.2, 0.25) is 10.0 Å². The zero-order valence-corrected chi connectivity index (χ0v) is 15.6. The quantitative estimate of drug-likeness (QED) is 0.580. The topological polar surface area (TPSA) is 72.1 Å². The Morgan fingerprint density at radius 1 is 1.12 bits per heavy atom. The molecule has 0 aliphatic rings. The zero-order valence-electron chi connectivity index (χ0n) is 14.1. The Morgan fingerprint density at radius 3 is 2.73 bits per heavy atom. The van der Waals surface area contributed by atoms with Crippen molar-refractivity contribution in [1.29, 1.82) is 0 Å². The Bertz CT molecular complexity index is 856. The van der Waals surface area contributed by atoms with Gasteiger partial charge in [-0.3, -0.25) is 0 Å². The number of rotatable bonds is 8. The second kappa shape index (κ2) is 8.78. The van der Waals surface area contributed by atoms with Gasteiger partial charge < -0.3 is 14.8 Å². The minimum Gasteiger partial charge on any atom is -0.490 e. The molecule has 1 aromatic heterocycles. The van der Waals surface area contributed by atoms with Crippen molar-refractivity contribution in [3.63, 3.8) is 0 Å². The molecule has 1 heterocycles. The molecular weight excluding hydrogens is 375 g/mol. The number of H-pyrrole nitrogens is 1. The molecule has 2 aromatic carbocycles. The van der Waals surface area contributed by atoms with Crippen LogP contribution in [0.1, 0.15) is 18.1 Å². The molecule has 0 saturated carbocycles. The predicted octanol–water partition coefficient (Wildman–Crippen LogP) is 4.70. The number of aromatic nitrogens is 3. The van der Waals surface area contributed by atoms with Gasteiger partial charge in [-0.15, -0.1) is 0 Å². The lowest BCUT2D eigenvalue weighted by molar-refractivity contribution is 0.267. The van der Waals surface area contributed by atoms with E-state index in [0.29, 0.717) is 47.3 Å². The second-order valence-electron chi connectivity index (χ2n) is 5.39. The Balaban J connectivity index is 1.80. The zero-order chi connectivity index (χ0) is 18.4. The number of ether oxygens (including phenoxy) is 2. The van der Waals surface area contributed by atoms with Gasteiger partial charge in [-0.1, -0.05) is 41.4 Å². The number of nitrogens with zero attached hydrogens (tertiary/aromatic N) is 2. The normalized spacial score (nSPS) is 10.6. The molecule has 0 atom stereocenters. The van der Waals surface area contributed by atoms with E-state index in [2.05, 4.69) is 20.5 Å². The van der Waals surface area contributed by atoms with Gasteiger partial charge in [0.15, 0.2) is 11.5 Å². The summed E-state index contributed by atoms with van der Waals surface area (Å²) in [7, 11) is 0. The first-order valence-electron chi connectivity index (χ1n) is 8.08. The summed E-state index contributed by atoms with van der Waals surface area (Å²) < 4.78 is 11.8. The number of anilines is 1. The van der Waals surface area contributed by atoms with Crippen molar-refractivity contribution in [1.82, 2.24) is 15.2 Å². The predicted molar refractivity (Wildman–Crippen MR) is 102 cm³/mol. The number of aromatic amines is 1. The molecule has 0 bridgehead atoms. The van der Waals surface area contributed by atoms with Gasteiger partial charge in [-0.05, 0) is 25.1 Å². The maximum Gasteiger partial charge on any atom is 0.218 e. The van der Waals surface area contributed by atoms with E-state index in [1.54, 1.807) is 12.1 Å². The highest BCUT2D eigenvalue weighted by Crippen LogP contribution is 2.33. The Morgan fingerprint density at radius 2 is 2.00 bits per heavy atom. The van der Waals surface area contributed by atoms with Crippen LogP contribution in [0.4, 0.5) is 5.95 Å². The second-order valence-corrected chi connectivity index (χ2v) is 6.23. The molecule has 0 aliphatic carbocycles. The first-order chi connectivity index (χ1) is 12.7. The van der Waals surface area contributed by atoms with Crippen LogP contribution in [-0.4, -0.2) is 21.8 Å². The fourth-order valence-corrected chi connectivity index (χ4v) is 2.85. The third-order valence-corrected chi connectivity index (χ3v) is 4.20. The van der Waals surface area contributed by atoms with E-state index >= 15 is 0 Å². The number of para-hydroxylation sites is 1. The SMILES string of the molecule is CCOc1cccc(CNc2ncn[nH]2)c1OCc1ccc(Cl)cc1Cl. The molecule has 6 nitrogen and oxygen atoms in total. The molecule has 2 N–H and O–H groups in total. The molecule has 0 spiro atoms. The highest BCUT2D eigenvalue weighted by molar-refractivity contribution is 6.35. The van der Waals surface area contributed by atoms with Crippen molar-refractivity contribution >= 4 is 29.2 Å². The van der Waals surface area contributed by atoms with Crippen molar-refractivity contribution in [3.05, 3.63) is 63.9 Å². The average molecular weight is 393 g/mol. The molecule has 3 aromatic rings. The van der Waals surface area contributed by atoms with Gasteiger partial charge in [0.1, 0.15) is 12.9 Å². The van der Waals surface area contributed by atoms with Gasteiger partial charge in [0.05, 0.1) is 6.61 Å². The number of nitrogens with one attached hydrogen (secondary N) is 2. The molecule has 26 heavy (non-hydrogen) atoms. The minimum atomic E-state index is 0.301. The summed E-state index contributed by atoms with van der Waals surface area (Å²) in [6, 6.07) is 11.1. The fraction of sp³-hybridized carbons (Fsp3) is 0.222. The van der Waals surface area contributed by atoms with E-state index in [4.69, 9.17) is 32.7 Å². The molecule has 0 fully saturated rings. The monoisotopic (exact) mass is 392 g/mol. The van der Waals surface area contributed by atoms with E-state index in [1.165, 1.54) is 6.33 Å². The standard InChI is InChI=1S/C18H18Cl2N4O2/c1-2-25-16-5-3-4-12(9-21-18-22-11-23-24-18)17(16)26-10-13-6-7-14(19)8-15(13)20/h3-8,11H,2,9-10H2,1H3,(H2,21,22,23,24). The Kier molecular flexibility index (Phi) is 6.20. The van der Waals surface area contributed by atoms with Crippen LogP contribution in [0.15, 0.2) is 42.7 Å². The molecule has 0 aliphatic heterocycles. The molecule has 3 rings (SSSR count). The third kappa shape index (κ3) is 4.59. The van der Waals surface area contributed by atoms with E-state index in [0.717, 1.165) is 11.1 Å². The maximum absolute atomic E-state index is 6.24. The number of benzene rings is 2. The highest BCUT2D eigenvalue weighted by atomic mass is 35.5. The Labute approximate surface area is 161 Å². The molecule has 136 valence electrons.